The summed E-state index contributed by atoms with van der Waals surface area (Å²) in [7, 11) is 0. The minimum absolute atomic E-state index is 0.0299. The van der Waals surface area contributed by atoms with E-state index in [0.717, 1.165) is 18.8 Å². The van der Waals surface area contributed by atoms with Crippen LogP contribution in [-0.2, 0) is 11.3 Å². The molecule has 1 aromatic heterocycles. The topological polar surface area (TPSA) is 58.2 Å². The zero-order chi connectivity index (χ0) is 18.0. The highest BCUT2D eigenvalue weighted by molar-refractivity contribution is 5.19. The van der Waals surface area contributed by atoms with E-state index < -0.39 is 0 Å². The van der Waals surface area contributed by atoms with Crippen LogP contribution < -0.4 is 5.56 Å². The van der Waals surface area contributed by atoms with Crippen molar-refractivity contribution < 1.29 is 4.74 Å². The van der Waals surface area contributed by atoms with Crippen LogP contribution in [0.15, 0.2) is 41.2 Å². The summed E-state index contributed by atoms with van der Waals surface area (Å²) in [5, 5.41) is 0. The number of aryl methyl sites for hydroxylation is 1. The molecule has 0 spiro atoms. The predicted molar refractivity (Wildman–Crippen MR) is 98.4 cm³/mol. The fraction of sp³-hybridized carbons (Fsp3) is 0.500. The monoisotopic (exact) mass is 341 g/mol. The molecule has 3 rings (SSSR count). The molecule has 0 unspecified atom stereocenters. The van der Waals surface area contributed by atoms with E-state index in [2.05, 4.69) is 47.8 Å². The van der Waals surface area contributed by atoms with E-state index >= 15 is 0 Å². The second kappa shape index (κ2) is 7.10. The van der Waals surface area contributed by atoms with Gasteiger partial charge in [-0.25, -0.2) is 4.98 Å². The molecule has 5 heteroatoms. The first-order valence-electron chi connectivity index (χ1n) is 8.81. The fourth-order valence-corrected chi connectivity index (χ4v) is 3.24. The molecular formula is C20H27N3O2. The van der Waals surface area contributed by atoms with Crippen molar-refractivity contribution in [3.8, 4) is 0 Å². The Morgan fingerprint density at radius 2 is 1.96 bits per heavy atom. The fourth-order valence-electron chi connectivity index (χ4n) is 3.24. The second-order valence-corrected chi connectivity index (χ2v) is 7.91. The molecule has 1 aromatic carbocycles. The van der Waals surface area contributed by atoms with E-state index in [1.165, 1.54) is 5.56 Å². The van der Waals surface area contributed by atoms with Gasteiger partial charge in [-0.05, 0) is 17.9 Å². The lowest BCUT2D eigenvalue weighted by Gasteiger charge is -2.43. The van der Waals surface area contributed by atoms with Gasteiger partial charge in [0.1, 0.15) is 5.82 Å². The molecule has 0 bridgehead atoms. The van der Waals surface area contributed by atoms with Gasteiger partial charge in [-0.1, -0.05) is 51.1 Å². The molecule has 1 fully saturated rings. The van der Waals surface area contributed by atoms with Gasteiger partial charge in [0.15, 0.2) is 0 Å². The summed E-state index contributed by atoms with van der Waals surface area (Å²) < 4.78 is 6.42. The predicted octanol–water partition coefficient (Wildman–Crippen LogP) is 3.07. The van der Waals surface area contributed by atoms with Crippen LogP contribution in [0.4, 0.5) is 0 Å². The van der Waals surface area contributed by atoms with Gasteiger partial charge < -0.3 is 9.72 Å². The minimum atomic E-state index is -0.0947. The van der Waals surface area contributed by atoms with Gasteiger partial charge in [-0.3, -0.25) is 9.69 Å². The number of rotatable bonds is 3. The molecule has 2 atom stereocenters. The maximum absolute atomic E-state index is 11.7. The highest BCUT2D eigenvalue weighted by Crippen LogP contribution is 2.33. The average molecular weight is 341 g/mol. The Balaban J connectivity index is 1.83. The van der Waals surface area contributed by atoms with Crippen molar-refractivity contribution in [3.05, 3.63) is 63.8 Å². The van der Waals surface area contributed by atoms with Crippen molar-refractivity contribution in [1.29, 1.82) is 0 Å². The zero-order valence-corrected chi connectivity index (χ0v) is 15.5. The highest BCUT2D eigenvalue weighted by atomic mass is 16.5. The zero-order valence-electron chi connectivity index (χ0n) is 15.5. The molecule has 2 aromatic rings. The third-order valence-corrected chi connectivity index (χ3v) is 4.61. The Hall–Kier alpha value is -1.98. The van der Waals surface area contributed by atoms with Crippen molar-refractivity contribution in [3.63, 3.8) is 0 Å². The maximum Gasteiger partial charge on any atom is 0.251 e. The Morgan fingerprint density at radius 3 is 2.60 bits per heavy atom. The standard InChI is InChI=1S/C20H27N3O2/c1-14-21-16(10-19(24)22-14)11-23-12-17(15-8-6-5-7-9-15)25-18(13-23)20(2,3)4/h5-10,17-18H,11-13H2,1-4H3,(H,21,22,24)/t17-,18+/m0/s1. The first-order chi connectivity index (χ1) is 11.8. The van der Waals surface area contributed by atoms with Gasteiger partial charge in [0.05, 0.1) is 17.9 Å². The van der Waals surface area contributed by atoms with Crippen LogP contribution in [0.25, 0.3) is 0 Å². The largest absolute Gasteiger partial charge is 0.367 e. The van der Waals surface area contributed by atoms with E-state index in [-0.39, 0.29) is 23.2 Å². The SMILES string of the molecule is Cc1nc(CN2C[C@@H](c3ccccc3)O[C@@H](C(C)(C)C)C2)cc(=O)[nH]1. The first-order valence-corrected chi connectivity index (χ1v) is 8.81. The minimum Gasteiger partial charge on any atom is -0.367 e. The lowest BCUT2D eigenvalue weighted by molar-refractivity contribution is -0.131. The second-order valence-electron chi connectivity index (χ2n) is 7.91. The summed E-state index contributed by atoms with van der Waals surface area (Å²) in [6.45, 7) is 10.7. The third-order valence-electron chi connectivity index (χ3n) is 4.61. The number of morpholine rings is 1. The van der Waals surface area contributed by atoms with E-state index in [1.54, 1.807) is 6.07 Å². The Labute approximate surface area is 149 Å². The van der Waals surface area contributed by atoms with Crippen molar-refractivity contribution in [2.45, 2.75) is 46.4 Å². The van der Waals surface area contributed by atoms with E-state index in [0.29, 0.717) is 12.4 Å². The Bertz CT molecular complexity index is 765. The summed E-state index contributed by atoms with van der Waals surface area (Å²) >= 11 is 0. The van der Waals surface area contributed by atoms with Gasteiger partial charge in [-0.15, -0.1) is 0 Å². The number of hydrogen-bond donors (Lipinski definition) is 1. The number of benzene rings is 1. The van der Waals surface area contributed by atoms with Crippen LogP contribution in [0.2, 0.25) is 0 Å². The molecule has 2 heterocycles. The molecule has 1 aliphatic rings. The maximum atomic E-state index is 11.7. The molecule has 0 saturated carbocycles. The summed E-state index contributed by atoms with van der Waals surface area (Å²) in [6.07, 6.45) is 0.150. The van der Waals surface area contributed by atoms with Gasteiger partial charge >= 0.3 is 0 Å². The first kappa shape index (κ1) is 17.8. The van der Waals surface area contributed by atoms with Gasteiger partial charge in [0, 0.05) is 25.7 Å². The molecule has 1 aliphatic heterocycles. The number of hydrogen-bond acceptors (Lipinski definition) is 4. The molecule has 0 radical (unpaired) electrons. The molecule has 1 N–H and O–H groups in total. The molecule has 25 heavy (non-hydrogen) atoms. The smallest absolute Gasteiger partial charge is 0.251 e. The quantitative estimate of drug-likeness (QED) is 0.932. The van der Waals surface area contributed by atoms with Gasteiger partial charge in [0.25, 0.3) is 5.56 Å². The van der Waals surface area contributed by atoms with Crippen LogP contribution in [0, 0.1) is 12.3 Å². The van der Waals surface area contributed by atoms with Crippen LogP contribution >= 0.6 is 0 Å². The van der Waals surface area contributed by atoms with Crippen molar-refractivity contribution in [1.82, 2.24) is 14.9 Å². The van der Waals surface area contributed by atoms with Crippen LogP contribution in [0.5, 0.6) is 0 Å². The number of nitrogens with one attached hydrogen (secondary N) is 1. The van der Waals surface area contributed by atoms with Crippen LogP contribution in [-0.4, -0.2) is 34.1 Å². The molecule has 0 amide bonds. The number of H-pyrrole nitrogens is 1. The summed E-state index contributed by atoms with van der Waals surface area (Å²) in [4.78, 5) is 21.2. The van der Waals surface area contributed by atoms with Gasteiger partial charge in [-0.2, -0.15) is 0 Å². The average Bonchev–Trinajstić information content (AvgIpc) is 2.53. The summed E-state index contributed by atoms with van der Waals surface area (Å²) in [5.74, 6) is 0.655. The third kappa shape index (κ3) is 4.55. The normalized spacial score (nSPS) is 22.1. The Kier molecular flexibility index (Phi) is 5.06. The van der Waals surface area contributed by atoms with E-state index in [9.17, 15) is 4.79 Å². The van der Waals surface area contributed by atoms with Crippen molar-refractivity contribution in [2.75, 3.05) is 13.1 Å². The number of nitrogens with zero attached hydrogens (tertiary/aromatic N) is 2. The number of aromatic amines is 1. The molecule has 134 valence electrons. The van der Waals surface area contributed by atoms with Crippen LogP contribution in [0.1, 0.15) is 44.0 Å². The molecular weight excluding hydrogens is 314 g/mol. The molecule has 1 saturated heterocycles. The van der Waals surface area contributed by atoms with Crippen molar-refractivity contribution in [2.24, 2.45) is 5.41 Å². The molecule has 0 aliphatic carbocycles. The van der Waals surface area contributed by atoms with Crippen LogP contribution in [0.3, 0.4) is 0 Å². The summed E-state index contributed by atoms with van der Waals surface area (Å²) in [5.41, 5.74) is 1.95. The van der Waals surface area contributed by atoms with Crippen molar-refractivity contribution >= 4 is 0 Å². The number of aromatic nitrogens is 2. The van der Waals surface area contributed by atoms with Gasteiger partial charge in [0.2, 0.25) is 0 Å². The highest BCUT2D eigenvalue weighted by Gasteiger charge is 2.35. The molecule has 5 nitrogen and oxygen atoms in total. The number of ether oxygens (including phenoxy) is 1. The summed E-state index contributed by atoms with van der Waals surface area (Å²) in [6, 6.07) is 11.9. The van der Waals surface area contributed by atoms with E-state index in [4.69, 9.17) is 4.74 Å². The Morgan fingerprint density at radius 1 is 1.24 bits per heavy atom. The lowest BCUT2D eigenvalue weighted by Crippen LogP contribution is -2.48. The lowest BCUT2D eigenvalue weighted by atomic mass is 9.87. The van der Waals surface area contributed by atoms with E-state index in [1.807, 2.05) is 25.1 Å².